The zero-order valence-corrected chi connectivity index (χ0v) is 7.27. The summed E-state index contributed by atoms with van der Waals surface area (Å²) in [5.41, 5.74) is 5.56. The fraction of sp³-hybridized carbons (Fsp3) is 0.250. The smallest absolute Gasteiger partial charge is 0.351 e. The standard InChI is InChI=1S/C8H11N3O2/c1-2-11-4-6(10-5-11)3-7(9)8(12)13/h3-5H,2,9H2,1H3,(H,12,13)/b7-3+. The molecular formula is C8H11N3O2. The highest BCUT2D eigenvalue weighted by Gasteiger charge is 2.02. The molecule has 1 rings (SSSR count). The number of aromatic nitrogens is 2. The van der Waals surface area contributed by atoms with Crippen molar-refractivity contribution >= 4 is 12.0 Å². The highest BCUT2D eigenvalue weighted by Crippen LogP contribution is 2.00. The molecule has 0 spiro atoms. The quantitative estimate of drug-likeness (QED) is 0.656. The van der Waals surface area contributed by atoms with Crippen molar-refractivity contribution in [3.63, 3.8) is 0 Å². The Bertz CT molecular complexity index is 341. The summed E-state index contributed by atoms with van der Waals surface area (Å²) in [5.74, 6) is -1.13. The molecule has 5 heteroatoms. The van der Waals surface area contributed by atoms with E-state index in [1.165, 1.54) is 6.08 Å². The van der Waals surface area contributed by atoms with Crippen molar-refractivity contribution in [1.29, 1.82) is 0 Å². The summed E-state index contributed by atoms with van der Waals surface area (Å²) in [6.07, 6.45) is 4.69. The van der Waals surface area contributed by atoms with Gasteiger partial charge in [-0.2, -0.15) is 0 Å². The van der Waals surface area contributed by atoms with Crippen molar-refractivity contribution < 1.29 is 9.90 Å². The Morgan fingerprint density at radius 1 is 1.85 bits per heavy atom. The largest absolute Gasteiger partial charge is 0.477 e. The molecule has 3 N–H and O–H groups in total. The van der Waals surface area contributed by atoms with Crippen molar-refractivity contribution in [2.45, 2.75) is 13.5 Å². The molecule has 70 valence electrons. The fourth-order valence-corrected chi connectivity index (χ4v) is 0.846. The van der Waals surface area contributed by atoms with Crippen LogP contribution in [0, 0.1) is 0 Å². The second kappa shape index (κ2) is 3.75. The molecule has 5 nitrogen and oxygen atoms in total. The van der Waals surface area contributed by atoms with E-state index < -0.39 is 5.97 Å². The highest BCUT2D eigenvalue weighted by atomic mass is 16.4. The summed E-state index contributed by atoms with van der Waals surface area (Å²) >= 11 is 0. The first kappa shape index (κ1) is 9.31. The first-order valence-electron chi connectivity index (χ1n) is 3.85. The van der Waals surface area contributed by atoms with Crippen molar-refractivity contribution in [1.82, 2.24) is 9.55 Å². The average Bonchev–Trinajstić information content (AvgIpc) is 2.52. The number of carboxylic acids is 1. The van der Waals surface area contributed by atoms with E-state index in [1.807, 2.05) is 11.5 Å². The molecule has 0 aliphatic rings. The normalized spacial score (nSPS) is 11.6. The Morgan fingerprint density at radius 3 is 3.00 bits per heavy atom. The maximum Gasteiger partial charge on any atom is 0.351 e. The molecule has 0 aromatic carbocycles. The lowest BCUT2D eigenvalue weighted by molar-refractivity contribution is -0.132. The molecule has 0 aliphatic carbocycles. The molecular weight excluding hydrogens is 170 g/mol. The van der Waals surface area contributed by atoms with Crippen LogP contribution in [0.15, 0.2) is 18.2 Å². The molecule has 13 heavy (non-hydrogen) atoms. The molecule has 0 bridgehead atoms. The molecule has 1 heterocycles. The average molecular weight is 181 g/mol. The van der Waals surface area contributed by atoms with Crippen LogP contribution in [0.2, 0.25) is 0 Å². The van der Waals surface area contributed by atoms with Crippen LogP contribution in [0.1, 0.15) is 12.6 Å². The molecule has 1 aromatic rings. The summed E-state index contributed by atoms with van der Waals surface area (Å²) in [4.78, 5) is 14.3. The van der Waals surface area contributed by atoms with Crippen molar-refractivity contribution in [2.75, 3.05) is 0 Å². The first-order chi connectivity index (χ1) is 6.13. The van der Waals surface area contributed by atoms with Gasteiger partial charge in [0.1, 0.15) is 5.70 Å². The monoisotopic (exact) mass is 181 g/mol. The van der Waals surface area contributed by atoms with Crippen molar-refractivity contribution in [3.8, 4) is 0 Å². The molecule has 0 saturated carbocycles. The Morgan fingerprint density at radius 2 is 2.54 bits per heavy atom. The van der Waals surface area contributed by atoms with Gasteiger partial charge in [-0.1, -0.05) is 0 Å². The second-order valence-electron chi connectivity index (χ2n) is 2.53. The number of nitrogens with two attached hydrogens (primary N) is 1. The SMILES string of the molecule is CCn1cnc(/C=C(/N)C(=O)O)c1. The predicted molar refractivity (Wildman–Crippen MR) is 47.7 cm³/mol. The van der Waals surface area contributed by atoms with Gasteiger partial charge in [0.2, 0.25) is 0 Å². The van der Waals surface area contributed by atoms with Crippen LogP contribution in [0.3, 0.4) is 0 Å². The second-order valence-corrected chi connectivity index (χ2v) is 2.53. The third-order valence-electron chi connectivity index (χ3n) is 1.57. The van der Waals surface area contributed by atoms with Gasteiger partial charge in [0.05, 0.1) is 12.0 Å². The van der Waals surface area contributed by atoms with Crippen LogP contribution in [0.25, 0.3) is 6.08 Å². The van der Waals surface area contributed by atoms with Crippen LogP contribution >= 0.6 is 0 Å². The third kappa shape index (κ3) is 2.33. The fourth-order valence-electron chi connectivity index (χ4n) is 0.846. The van der Waals surface area contributed by atoms with Crippen LogP contribution in [-0.4, -0.2) is 20.6 Å². The van der Waals surface area contributed by atoms with E-state index in [2.05, 4.69) is 4.98 Å². The number of carbonyl (C=O) groups is 1. The van der Waals surface area contributed by atoms with Gasteiger partial charge in [0, 0.05) is 12.7 Å². The Hall–Kier alpha value is -1.78. The zero-order valence-electron chi connectivity index (χ0n) is 7.27. The first-order valence-corrected chi connectivity index (χ1v) is 3.85. The van der Waals surface area contributed by atoms with Crippen LogP contribution < -0.4 is 5.73 Å². The summed E-state index contributed by atoms with van der Waals surface area (Å²) < 4.78 is 1.83. The number of rotatable bonds is 3. The lowest BCUT2D eigenvalue weighted by Crippen LogP contribution is -2.09. The number of nitrogens with zero attached hydrogens (tertiary/aromatic N) is 2. The molecule has 0 radical (unpaired) electrons. The van der Waals surface area contributed by atoms with Gasteiger partial charge < -0.3 is 15.4 Å². The van der Waals surface area contributed by atoms with Gasteiger partial charge in [-0.25, -0.2) is 9.78 Å². The van der Waals surface area contributed by atoms with Gasteiger partial charge in [-0.15, -0.1) is 0 Å². The molecule has 0 atom stereocenters. The minimum Gasteiger partial charge on any atom is -0.477 e. The summed E-state index contributed by atoms with van der Waals surface area (Å²) in [7, 11) is 0. The number of hydrogen-bond donors (Lipinski definition) is 2. The molecule has 0 aliphatic heterocycles. The lowest BCUT2D eigenvalue weighted by Gasteiger charge is -1.91. The molecule has 0 saturated heterocycles. The van der Waals surface area contributed by atoms with E-state index in [0.717, 1.165) is 6.54 Å². The van der Waals surface area contributed by atoms with Gasteiger partial charge in [0.25, 0.3) is 0 Å². The molecule has 1 aromatic heterocycles. The summed E-state index contributed by atoms with van der Waals surface area (Å²) in [5, 5.41) is 8.48. The maximum absolute atomic E-state index is 10.4. The molecule has 0 fully saturated rings. The molecule has 0 amide bonds. The minimum atomic E-state index is -1.13. The van der Waals surface area contributed by atoms with Crippen molar-refractivity contribution in [3.05, 3.63) is 23.9 Å². The summed E-state index contributed by atoms with van der Waals surface area (Å²) in [6, 6.07) is 0. The van der Waals surface area contributed by atoms with E-state index >= 15 is 0 Å². The van der Waals surface area contributed by atoms with Crippen molar-refractivity contribution in [2.24, 2.45) is 5.73 Å². The third-order valence-corrected chi connectivity index (χ3v) is 1.57. The van der Waals surface area contributed by atoms with E-state index in [1.54, 1.807) is 12.5 Å². The predicted octanol–water partition coefficient (Wildman–Crippen LogP) is 0.287. The van der Waals surface area contributed by atoms with E-state index in [4.69, 9.17) is 10.8 Å². The number of carboxylic acid groups (broad SMARTS) is 1. The van der Waals surface area contributed by atoms with Gasteiger partial charge >= 0.3 is 5.97 Å². The number of imidazole rings is 1. The molecule has 0 unspecified atom stereocenters. The highest BCUT2D eigenvalue weighted by molar-refractivity contribution is 5.90. The van der Waals surface area contributed by atoms with E-state index in [9.17, 15) is 4.79 Å². The lowest BCUT2D eigenvalue weighted by atomic mass is 10.3. The van der Waals surface area contributed by atoms with Gasteiger partial charge in [0.15, 0.2) is 0 Å². The van der Waals surface area contributed by atoms with Gasteiger partial charge in [-0.3, -0.25) is 0 Å². The maximum atomic E-state index is 10.4. The van der Waals surface area contributed by atoms with E-state index in [0.29, 0.717) is 5.69 Å². The summed E-state index contributed by atoms with van der Waals surface area (Å²) in [6.45, 7) is 2.77. The number of hydrogen-bond acceptors (Lipinski definition) is 3. The number of aliphatic carboxylic acids is 1. The Labute approximate surface area is 75.5 Å². The number of aryl methyl sites for hydroxylation is 1. The van der Waals surface area contributed by atoms with Crippen LogP contribution in [0.5, 0.6) is 0 Å². The van der Waals surface area contributed by atoms with Crippen LogP contribution in [0.4, 0.5) is 0 Å². The zero-order chi connectivity index (χ0) is 9.84. The van der Waals surface area contributed by atoms with Gasteiger partial charge in [-0.05, 0) is 13.0 Å². The van der Waals surface area contributed by atoms with E-state index in [-0.39, 0.29) is 5.70 Å². The minimum absolute atomic E-state index is 0.207. The topological polar surface area (TPSA) is 81.1 Å². The van der Waals surface area contributed by atoms with Crippen LogP contribution in [-0.2, 0) is 11.3 Å². The Kier molecular flexibility index (Phi) is 2.69. The Balaban J connectivity index is 2.84.